The molecule has 0 saturated heterocycles. The molecule has 0 saturated carbocycles. The molecule has 1 aliphatic rings. The number of aliphatic carboxylic acids is 1. The zero-order chi connectivity index (χ0) is 18.4. The molecule has 25 heavy (non-hydrogen) atoms. The first-order valence-corrected chi connectivity index (χ1v) is 9.19. The molecule has 0 aliphatic carbocycles. The van der Waals surface area contributed by atoms with Gasteiger partial charge in [0.15, 0.2) is 11.5 Å². The highest BCUT2D eigenvalue weighted by Crippen LogP contribution is 2.31. The van der Waals surface area contributed by atoms with E-state index in [2.05, 4.69) is 10.0 Å². The summed E-state index contributed by atoms with van der Waals surface area (Å²) in [6.07, 6.45) is 0.528. The lowest BCUT2D eigenvalue weighted by Gasteiger charge is -2.11. The van der Waals surface area contributed by atoms with Crippen LogP contribution in [0.2, 0.25) is 0 Å². The molecule has 10 heteroatoms. The molecule has 0 unspecified atom stereocenters. The molecule has 2 rings (SSSR count). The second-order valence-electron chi connectivity index (χ2n) is 5.43. The Morgan fingerprint density at radius 3 is 2.60 bits per heavy atom. The lowest BCUT2D eigenvalue weighted by Crippen LogP contribution is -2.39. The third kappa shape index (κ3) is 5.33. The van der Waals surface area contributed by atoms with E-state index in [1.54, 1.807) is 0 Å². The molecule has 1 aromatic rings. The first-order valence-electron chi connectivity index (χ1n) is 7.71. The number of ether oxygens (including phenoxy) is 2. The normalized spacial score (nSPS) is 15.1. The van der Waals surface area contributed by atoms with Gasteiger partial charge in [-0.1, -0.05) is 0 Å². The standard InChI is InChI=1S/C15H20N2O7S/c1-10(15(19)20)17-14(18)5-6-16-25(21,22)11-3-4-12-13(9-11)24-8-2-7-23-12/h3-4,9-10,16H,2,5-8H2,1H3,(H,17,18)(H,19,20)/t10-/m1/s1. The van der Waals surface area contributed by atoms with Gasteiger partial charge < -0.3 is 19.9 Å². The maximum absolute atomic E-state index is 12.3. The molecule has 0 spiro atoms. The van der Waals surface area contributed by atoms with E-state index < -0.39 is 27.9 Å². The first kappa shape index (κ1) is 19.0. The quantitative estimate of drug-likeness (QED) is 0.619. The Hall–Kier alpha value is -2.33. The van der Waals surface area contributed by atoms with Crippen molar-refractivity contribution in [2.75, 3.05) is 19.8 Å². The average molecular weight is 372 g/mol. The molecule has 9 nitrogen and oxygen atoms in total. The predicted octanol–water partition coefficient (Wildman–Crippen LogP) is 0.106. The van der Waals surface area contributed by atoms with Crippen LogP contribution in [-0.2, 0) is 19.6 Å². The monoisotopic (exact) mass is 372 g/mol. The highest BCUT2D eigenvalue weighted by molar-refractivity contribution is 7.89. The van der Waals surface area contributed by atoms with Crippen molar-refractivity contribution >= 4 is 21.9 Å². The minimum atomic E-state index is -3.83. The van der Waals surface area contributed by atoms with Crippen LogP contribution in [0.4, 0.5) is 0 Å². The van der Waals surface area contributed by atoms with Crippen molar-refractivity contribution in [3.8, 4) is 11.5 Å². The number of carbonyl (C=O) groups is 2. The molecule has 0 bridgehead atoms. The summed E-state index contributed by atoms with van der Waals surface area (Å²) in [6, 6.07) is 3.25. The fraction of sp³-hybridized carbons (Fsp3) is 0.467. The van der Waals surface area contributed by atoms with Gasteiger partial charge in [-0.3, -0.25) is 9.59 Å². The van der Waals surface area contributed by atoms with Crippen LogP contribution in [0.25, 0.3) is 0 Å². The van der Waals surface area contributed by atoms with Gasteiger partial charge in [0, 0.05) is 25.5 Å². The number of sulfonamides is 1. The molecule has 0 fully saturated rings. The van der Waals surface area contributed by atoms with Gasteiger partial charge in [-0.15, -0.1) is 0 Å². The maximum atomic E-state index is 12.3. The van der Waals surface area contributed by atoms with Crippen molar-refractivity contribution < 1.29 is 32.6 Å². The Kier molecular flexibility index (Phi) is 6.21. The van der Waals surface area contributed by atoms with Crippen LogP contribution in [0, 0.1) is 0 Å². The number of benzene rings is 1. The minimum Gasteiger partial charge on any atom is -0.490 e. The van der Waals surface area contributed by atoms with Crippen LogP contribution in [0.1, 0.15) is 19.8 Å². The van der Waals surface area contributed by atoms with Gasteiger partial charge in [0.25, 0.3) is 0 Å². The molecule has 3 N–H and O–H groups in total. The lowest BCUT2D eigenvalue weighted by molar-refractivity contribution is -0.141. The molecule has 1 atom stereocenters. The minimum absolute atomic E-state index is 0.00365. The van der Waals surface area contributed by atoms with Crippen LogP contribution >= 0.6 is 0 Å². The Balaban J connectivity index is 1.94. The smallest absolute Gasteiger partial charge is 0.325 e. The third-order valence-corrected chi connectivity index (χ3v) is 4.88. The Morgan fingerprint density at radius 2 is 1.92 bits per heavy atom. The average Bonchev–Trinajstić information content (AvgIpc) is 2.79. The van der Waals surface area contributed by atoms with Gasteiger partial charge in [0.1, 0.15) is 6.04 Å². The fourth-order valence-electron chi connectivity index (χ4n) is 2.07. The van der Waals surface area contributed by atoms with Crippen LogP contribution in [-0.4, -0.2) is 51.2 Å². The van der Waals surface area contributed by atoms with Gasteiger partial charge in [-0.05, 0) is 19.1 Å². The highest BCUT2D eigenvalue weighted by Gasteiger charge is 2.19. The molecule has 1 heterocycles. The molecule has 1 amide bonds. The van der Waals surface area contributed by atoms with Gasteiger partial charge in [-0.25, -0.2) is 13.1 Å². The highest BCUT2D eigenvalue weighted by atomic mass is 32.2. The lowest BCUT2D eigenvalue weighted by atomic mass is 10.3. The zero-order valence-electron chi connectivity index (χ0n) is 13.6. The molecule has 138 valence electrons. The number of carbonyl (C=O) groups excluding carboxylic acids is 1. The van der Waals surface area contributed by atoms with E-state index >= 15 is 0 Å². The maximum Gasteiger partial charge on any atom is 0.325 e. The summed E-state index contributed by atoms with van der Waals surface area (Å²) in [5, 5.41) is 10.9. The Morgan fingerprint density at radius 1 is 1.24 bits per heavy atom. The van der Waals surface area contributed by atoms with Crippen molar-refractivity contribution in [1.29, 1.82) is 0 Å². The third-order valence-electron chi connectivity index (χ3n) is 3.42. The second kappa shape index (κ2) is 8.17. The summed E-state index contributed by atoms with van der Waals surface area (Å²) in [7, 11) is -3.83. The van der Waals surface area contributed by atoms with Crippen molar-refractivity contribution in [1.82, 2.24) is 10.0 Å². The predicted molar refractivity (Wildman–Crippen MR) is 87.1 cm³/mol. The molecule has 0 aromatic heterocycles. The zero-order valence-corrected chi connectivity index (χ0v) is 14.5. The summed E-state index contributed by atoms with van der Waals surface area (Å²) in [5.74, 6) is -0.885. The topological polar surface area (TPSA) is 131 Å². The Bertz CT molecular complexity index is 748. The van der Waals surface area contributed by atoms with Crippen molar-refractivity contribution in [3.63, 3.8) is 0 Å². The van der Waals surface area contributed by atoms with E-state index in [1.165, 1.54) is 25.1 Å². The largest absolute Gasteiger partial charge is 0.490 e. The van der Waals surface area contributed by atoms with Crippen molar-refractivity contribution in [2.45, 2.75) is 30.7 Å². The number of carboxylic acid groups (broad SMARTS) is 1. The number of hydrogen-bond donors (Lipinski definition) is 3. The van der Waals surface area contributed by atoms with Gasteiger partial charge in [-0.2, -0.15) is 0 Å². The van der Waals surface area contributed by atoms with E-state index in [9.17, 15) is 18.0 Å². The van der Waals surface area contributed by atoms with E-state index in [0.29, 0.717) is 31.1 Å². The van der Waals surface area contributed by atoms with Gasteiger partial charge in [0.05, 0.1) is 18.1 Å². The fourth-order valence-corrected chi connectivity index (χ4v) is 3.12. The molecular weight excluding hydrogens is 352 g/mol. The van der Waals surface area contributed by atoms with E-state index in [4.69, 9.17) is 14.6 Å². The first-order chi connectivity index (χ1) is 11.8. The number of nitrogens with one attached hydrogen (secondary N) is 2. The summed E-state index contributed by atoms with van der Waals surface area (Å²) < 4.78 is 37.8. The number of hydrogen-bond acceptors (Lipinski definition) is 6. The van der Waals surface area contributed by atoms with Crippen LogP contribution in [0.5, 0.6) is 11.5 Å². The molecule has 1 aliphatic heterocycles. The summed E-state index contributed by atoms with van der Waals surface area (Å²) in [5.41, 5.74) is 0. The van der Waals surface area contributed by atoms with Crippen molar-refractivity contribution in [2.24, 2.45) is 0 Å². The SMILES string of the molecule is C[C@@H](NC(=O)CCNS(=O)(=O)c1ccc2c(c1)OCCCO2)C(=O)O. The van der Waals surface area contributed by atoms with Crippen LogP contribution in [0.15, 0.2) is 23.1 Å². The molecule has 0 radical (unpaired) electrons. The number of rotatable bonds is 7. The van der Waals surface area contributed by atoms with Crippen LogP contribution < -0.4 is 19.5 Å². The van der Waals surface area contributed by atoms with Crippen molar-refractivity contribution in [3.05, 3.63) is 18.2 Å². The van der Waals surface area contributed by atoms with Gasteiger partial charge in [0.2, 0.25) is 15.9 Å². The number of amides is 1. The Labute approximate surface area is 145 Å². The molecular formula is C15H20N2O7S. The number of carboxylic acids is 1. The van der Waals surface area contributed by atoms with Crippen LogP contribution in [0.3, 0.4) is 0 Å². The van der Waals surface area contributed by atoms with E-state index in [-0.39, 0.29) is 17.9 Å². The van der Waals surface area contributed by atoms with Gasteiger partial charge >= 0.3 is 5.97 Å². The summed E-state index contributed by atoms with van der Waals surface area (Å²) in [4.78, 5) is 22.2. The summed E-state index contributed by atoms with van der Waals surface area (Å²) >= 11 is 0. The second-order valence-corrected chi connectivity index (χ2v) is 7.20. The number of fused-ring (bicyclic) bond motifs is 1. The van der Waals surface area contributed by atoms with E-state index in [1.807, 2.05) is 0 Å². The summed E-state index contributed by atoms with van der Waals surface area (Å²) in [6.45, 7) is 2.10. The van der Waals surface area contributed by atoms with E-state index in [0.717, 1.165) is 0 Å². The molecule has 1 aromatic carbocycles.